The van der Waals surface area contributed by atoms with Gasteiger partial charge in [0.05, 0.1) is 20.9 Å². The molecule has 0 atom stereocenters. The van der Waals surface area contributed by atoms with Crippen LogP contribution in [0.3, 0.4) is 0 Å². The standard InChI is InChI=1S/C34H24N6O12S2/c35-29-15-23(53(45,46)47)11-19-9-21(3-5-25(19)29)51-39-37-31-7-1-17(13-27(31)33(41)42)18-2-8-32(28(14-18)34(43)44)38-40-52-22-4-6-26-20(10-22)12-24(16-30(26)36)54(48,49)50/h1-16H,35-36H2,(H,41,42)(H,43,44)(H,45,46,47)(H,48,49,50). The predicted octanol–water partition coefficient (Wildman–Crippen LogP) is 6.87. The van der Waals surface area contributed by atoms with Crippen molar-refractivity contribution in [1.82, 2.24) is 0 Å². The molecule has 0 spiro atoms. The zero-order valence-corrected chi connectivity index (χ0v) is 28.7. The van der Waals surface area contributed by atoms with Gasteiger partial charge in [-0.05, 0) is 107 Å². The van der Waals surface area contributed by atoms with Gasteiger partial charge in [-0.15, -0.1) is 10.2 Å². The Morgan fingerprint density at radius 3 is 1.28 bits per heavy atom. The van der Waals surface area contributed by atoms with Gasteiger partial charge in [0.15, 0.2) is 11.5 Å². The number of fused-ring (bicyclic) bond motifs is 2. The van der Waals surface area contributed by atoms with Crippen LogP contribution in [0.1, 0.15) is 20.7 Å². The topological polar surface area (TPSA) is 303 Å². The van der Waals surface area contributed by atoms with Crippen molar-refractivity contribution in [2.75, 3.05) is 11.5 Å². The van der Waals surface area contributed by atoms with E-state index in [0.717, 1.165) is 12.1 Å². The second kappa shape index (κ2) is 14.2. The Kier molecular flexibility index (Phi) is 9.67. The van der Waals surface area contributed by atoms with Gasteiger partial charge in [-0.3, -0.25) is 9.11 Å². The van der Waals surface area contributed by atoms with Gasteiger partial charge in [0.2, 0.25) is 0 Å². The molecule has 0 aliphatic carbocycles. The predicted molar refractivity (Wildman–Crippen MR) is 192 cm³/mol. The van der Waals surface area contributed by atoms with Gasteiger partial charge in [-0.2, -0.15) is 16.8 Å². The van der Waals surface area contributed by atoms with Gasteiger partial charge in [0.25, 0.3) is 20.2 Å². The number of hydrogen-bond acceptors (Lipinski definition) is 14. The number of nitrogen functional groups attached to an aromatic ring is 2. The van der Waals surface area contributed by atoms with Crippen LogP contribution in [0.25, 0.3) is 32.7 Å². The van der Waals surface area contributed by atoms with Crippen molar-refractivity contribution < 1.29 is 55.4 Å². The fraction of sp³-hybridized carbons (Fsp3) is 0. The van der Waals surface area contributed by atoms with Gasteiger partial charge >= 0.3 is 11.9 Å². The number of hydrogen-bond donors (Lipinski definition) is 6. The first-order valence-corrected chi connectivity index (χ1v) is 17.9. The first kappa shape index (κ1) is 36.8. The van der Waals surface area contributed by atoms with E-state index in [4.69, 9.17) is 21.1 Å². The number of carboxylic acids is 2. The van der Waals surface area contributed by atoms with Crippen molar-refractivity contribution in [2.24, 2.45) is 20.8 Å². The first-order chi connectivity index (χ1) is 25.5. The summed E-state index contributed by atoms with van der Waals surface area (Å²) in [5, 5.41) is 36.2. The minimum Gasteiger partial charge on any atom is -0.478 e. The molecule has 0 radical (unpaired) electrons. The molecule has 274 valence electrons. The fourth-order valence-corrected chi connectivity index (χ4v) is 6.38. The number of nitrogens with two attached hydrogens (primary N) is 2. The van der Waals surface area contributed by atoms with Crippen LogP contribution in [0.2, 0.25) is 0 Å². The minimum atomic E-state index is -4.54. The van der Waals surface area contributed by atoms with Crippen LogP contribution in [0.15, 0.2) is 128 Å². The number of anilines is 2. The Morgan fingerprint density at radius 2 is 0.926 bits per heavy atom. The maximum Gasteiger partial charge on any atom is 0.337 e. The third kappa shape index (κ3) is 7.90. The van der Waals surface area contributed by atoms with Crippen molar-refractivity contribution in [1.29, 1.82) is 0 Å². The summed E-state index contributed by atoms with van der Waals surface area (Å²) in [4.78, 5) is 34.0. The summed E-state index contributed by atoms with van der Waals surface area (Å²) < 4.78 is 65.1. The Labute approximate surface area is 304 Å². The van der Waals surface area contributed by atoms with Crippen LogP contribution in [0.5, 0.6) is 11.5 Å². The van der Waals surface area contributed by atoms with E-state index in [-0.39, 0.29) is 45.4 Å². The number of benzene rings is 6. The lowest BCUT2D eigenvalue weighted by Gasteiger charge is -2.08. The second-order valence-electron chi connectivity index (χ2n) is 11.4. The number of aromatic carboxylic acids is 2. The molecule has 0 saturated carbocycles. The number of carbonyl (C=O) groups is 2. The average Bonchev–Trinajstić information content (AvgIpc) is 3.10. The van der Waals surface area contributed by atoms with Crippen molar-refractivity contribution in [3.63, 3.8) is 0 Å². The number of rotatable bonds is 11. The molecule has 6 aromatic carbocycles. The highest BCUT2D eigenvalue weighted by molar-refractivity contribution is 7.86. The van der Waals surface area contributed by atoms with Gasteiger partial charge in [0.1, 0.15) is 11.4 Å². The molecular weight excluding hydrogens is 749 g/mol. The zero-order chi connectivity index (χ0) is 38.9. The first-order valence-electron chi connectivity index (χ1n) is 15.0. The highest BCUT2D eigenvalue weighted by Gasteiger charge is 2.17. The molecule has 0 aliphatic heterocycles. The molecule has 20 heteroatoms. The van der Waals surface area contributed by atoms with E-state index in [9.17, 15) is 45.7 Å². The van der Waals surface area contributed by atoms with Crippen LogP contribution in [0, 0.1) is 0 Å². The lowest BCUT2D eigenvalue weighted by molar-refractivity contribution is 0.0686. The van der Waals surface area contributed by atoms with Crippen molar-refractivity contribution in [3.8, 4) is 22.6 Å². The lowest BCUT2D eigenvalue weighted by Crippen LogP contribution is -2.00. The average molecular weight is 773 g/mol. The van der Waals surface area contributed by atoms with Gasteiger partial charge in [-0.25, -0.2) is 9.59 Å². The molecule has 0 fully saturated rings. The summed E-state index contributed by atoms with van der Waals surface area (Å²) in [6.45, 7) is 0. The largest absolute Gasteiger partial charge is 0.478 e. The molecule has 0 unspecified atom stereocenters. The number of nitrogens with zero attached hydrogens (tertiary/aromatic N) is 4. The van der Waals surface area contributed by atoms with E-state index < -0.39 is 42.0 Å². The lowest BCUT2D eigenvalue weighted by atomic mass is 9.99. The quantitative estimate of drug-likeness (QED) is 0.0339. The second-order valence-corrected chi connectivity index (χ2v) is 14.2. The van der Waals surface area contributed by atoms with Crippen LogP contribution in [-0.2, 0) is 20.2 Å². The molecule has 0 heterocycles. The molecular formula is C34H24N6O12S2. The molecule has 0 amide bonds. The molecule has 8 N–H and O–H groups in total. The molecule has 0 saturated heterocycles. The van der Waals surface area contributed by atoms with E-state index in [1.807, 2.05) is 0 Å². The van der Waals surface area contributed by atoms with Crippen LogP contribution >= 0.6 is 0 Å². The summed E-state index contributed by atoms with van der Waals surface area (Å²) in [5.41, 5.74) is 11.7. The van der Waals surface area contributed by atoms with Crippen molar-refractivity contribution in [2.45, 2.75) is 9.79 Å². The Hall–Kier alpha value is -7.00. The highest BCUT2D eigenvalue weighted by Crippen LogP contribution is 2.33. The third-order valence-electron chi connectivity index (χ3n) is 7.83. The summed E-state index contributed by atoms with van der Waals surface area (Å²) in [5.74, 6) is -2.58. The smallest absolute Gasteiger partial charge is 0.337 e. The maximum atomic E-state index is 12.1. The summed E-state index contributed by atoms with van der Waals surface area (Å²) in [6.07, 6.45) is 0. The van der Waals surface area contributed by atoms with E-state index in [2.05, 4.69) is 20.8 Å². The Balaban J connectivity index is 1.21. The van der Waals surface area contributed by atoms with Crippen molar-refractivity contribution in [3.05, 3.63) is 108 Å². The normalized spacial score (nSPS) is 12.1. The molecule has 54 heavy (non-hydrogen) atoms. The zero-order valence-electron chi connectivity index (χ0n) is 27.1. The SMILES string of the molecule is Nc1cc(S(=O)(=O)O)cc2cc(ON=Nc3ccc(-c4ccc(N=NOc5ccc6c(N)cc(S(=O)(=O)O)cc6c5)c(C(=O)O)c4)cc3C(=O)O)ccc12. The maximum absolute atomic E-state index is 12.1. The van der Waals surface area contributed by atoms with Crippen LogP contribution in [0.4, 0.5) is 22.7 Å². The minimum absolute atomic E-state index is 0.0900. The van der Waals surface area contributed by atoms with Gasteiger partial charge < -0.3 is 31.4 Å². The summed E-state index contributed by atoms with van der Waals surface area (Å²) >= 11 is 0. The molecule has 0 aromatic heterocycles. The highest BCUT2D eigenvalue weighted by atomic mass is 32.2. The van der Waals surface area contributed by atoms with Crippen molar-refractivity contribution >= 4 is 76.5 Å². The van der Waals surface area contributed by atoms with Gasteiger partial charge in [0, 0.05) is 32.7 Å². The summed E-state index contributed by atoms with van der Waals surface area (Å²) in [7, 11) is -9.07. The van der Waals surface area contributed by atoms with E-state index in [1.54, 1.807) is 0 Å². The summed E-state index contributed by atoms with van der Waals surface area (Å²) in [6, 6.07) is 21.4. The number of carboxylic acid groups (broad SMARTS) is 2. The van der Waals surface area contributed by atoms with Crippen LogP contribution < -0.4 is 21.1 Å². The molecule has 6 aromatic rings. The Bertz CT molecular complexity index is 2630. The Morgan fingerprint density at radius 1 is 0.537 bits per heavy atom. The monoisotopic (exact) mass is 772 g/mol. The van der Waals surface area contributed by atoms with Crippen LogP contribution in [-0.4, -0.2) is 48.1 Å². The van der Waals surface area contributed by atoms with E-state index >= 15 is 0 Å². The molecule has 0 bridgehead atoms. The van der Waals surface area contributed by atoms with Gasteiger partial charge in [-0.1, -0.05) is 12.1 Å². The molecule has 6 rings (SSSR count). The van der Waals surface area contributed by atoms with E-state index in [0.29, 0.717) is 32.7 Å². The van der Waals surface area contributed by atoms with E-state index in [1.165, 1.54) is 84.9 Å². The fourth-order valence-electron chi connectivity index (χ4n) is 5.28. The third-order valence-corrected chi connectivity index (χ3v) is 9.49. The molecule has 0 aliphatic rings. The molecule has 18 nitrogen and oxygen atoms in total.